The van der Waals surface area contributed by atoms with Crippen LogP contribution in [0, 0.1) is 0 Å². The molecule has 1 N–H and O–H groups in total. The van der Waals surface area contributed by atoms with Crippen molar-refractivity contribution in [2.24, 2.45) is 0 Å². The summed E-state index contributed by atoms with van der Waals surface area (Å²) in [5.41, 5.74) is 2.41. The van der Waals surface area contributed by atoms with Crippen LogP contribution in [-0.2, 0) is 16.7 Å². The molecule has 2 aromatic carbocycles. The summed E-state index contributed by atoms with van der Waals surface area (Å²) in [5, 5.41) is 3.37. The van der Waals surface area contributed by atoms with Gasteiger partial charge in [0.25, 0.3) is 0 Å². The molecule has 3 rings (SSSR count). The van der Waals surface area contributed by atoms with Crippen LogP contribution in [0.15, 0.2) is 53.4 Å². The van der Waals surface area contributed by atoms with E-state index >= 15 is 0 Å². The van der Waals surface area contributed by atoms with Crippen LogP contribution in [0.4, 0.5) is 11.4 Å². The van der Waals surface area contributed by atoms with Crippen molar-refractivity contribution in [3.8, 4) is 0 Å². The van der Waals surface area contributed by atoms with Crippen molar-refractivity contribution in [1.82, 2.24) is 0 Å². The van der Waals surface area contributed by atoms with E-state index in [1.807, 2.05) is 24.3 Å². The van der Waals surface area contributed by atoms with Crippen molar-refractivity contribution in [2.45, 2.75) is 108 Å². The van der Waals surface area contributed by atoms with Gasteiger partial charge in [-0.1, -0.05) is 114 Å². The van der Waals surface area contributed by atoms with Crippen molar-refractivity contribution in [3.05, 3.63) is 54.1 Å². The number of hydrogen-bond acceptors (Lipinski definition) is 5. The molecule has 5 nitrogen and oxygen atoms in total. The number of nitrogens with one attached hydrogen (secondary N) is 1. The molecule has 0 saturated heterocycles. The van der Waals surface area contributed by atoms with Crippen molar-refractivity contribution < 1.29 is 64.4 Å². The molecule has 0 fully saturated rings. The van der Waals surface area contributed by atoms with Gasteiger partial charge < -0.3 is 14.8 Å². The molecule has 0 aromatic heterocycles. The Kier molecular flexibility index (Phi) is 14.5. The summed E-state index contributed by atoms with van der Waals surface area (Å²) in [6.07, 6.45) is 16.6. The van der Waals surface area contributed by atoms with Gasteiger partial charge in [0, 0.05) is 6.54 Å². The molecule has 188 valence electrons. The molecule has 0 radical (unpaired) electrons. The van der Waals surface area contributed by atoms with Gasteiger partial charge in [-0.05, 0) is 30.5 Å². The average Bonchev–Trinajstić information content (AvgIpc) is 3.17. The third-order valence-corrected chi connectivity index (χ3v) is 7.68. The third kappa shape index (κ3) is 10.1. The molecule has 1 unspecified atom stereocenters. The Bertz CT molecular complexity index is 969. The van der Waals surface area contributed by atoms with Gasteiger partial charge in [-0.15, -0.1) is 0 Å². The van der Waals surface area contributed by atoms with Gasteiger partial charge in [-0.2, -0.15) is 0 Å². The summed E-state index contributed by atoms with van der Waals surface area (Å²) in [5.74, 6) is 0. The van der Waals surface area contributed by atoms with Crippen molar-refractivity contribution in [1.29, 1.82) is 0 Å². The van der Waals surface area contributed by atoms with Crippen molar-refractivity contribution >= 4 is 21.5 Å². The van der Waals surface area contributed by atoms with Gasteiger partial charge in [0.05, 0.1) is 22.4 Å². The smallest absolute Gasteiger partial charge is 0.744 e. The van der Waals surface area contributed by atoms with E-state index in [-0.39, 0.29) is 62.4 Å². The van der Waals surface area contributed by atoms with Gasteiger partial charge in [-0.25, -0.2) is 8.42 Å². The SMILES string of the molecule is CCCCCCCCCCCCCCC1Nc2c(cccc2S(=O)(=O)[O-])N1Cc1ccccc1.[K+]. The van der Waals surface area contributed by atoms with Crippen LogP contribution < -0.4 is 61.6 Å². The van der Waals surface area contributed by atoms with E-state index in [0.717, 1.165) is 24.1 Å². The van der Waals surface area contributed by atoms with Crippen LogP contribution in [0.3, 0.4) is 0 Å². The van der Waals surface area contributed by atoms with E-state index in [9.17, 15) is 13.0 Å². The predicted molar refractivity (Wildman–Crippen MR) is 140 cm³/mol. The van der Waals surface area contributed by atoms with Crippen LogP contribution in [0.2, 0.25) is 0 Å². The predicted octanol–water partition coefficient (Wildman–Crippen LogP) is 4.44. The molecular weight excluding hydrogens is 483 g/mol. The van der Waals surface area contributed by atoms with Gasteiger partial charge in [0.15, 0.2) is 0 Å². The first-order chi connectivity index (χ1) is 16.5. The zero-order valence-electron chi connectivity index (χ0n) is 21.7. The van der Waals surface area contributed by atoms with E-state index in [1.54, 1.807) is 6.07 Å². The second kappa shape index (κ2) is 16.4. The number of benzene rings is 2. The summed E-state index contributed by atoms with van der Waals surface area (Å²) >= 11 is 0. The standard InChI is InChI=1S/C28H42N2O3S.K/c1-2-3-4-5-6-7-8-9-10-11-12-16-22-27-29-28-25(20-17-21-26(28)34(31,32)33)30(27)23-24-18-14-13-15-19-24;/h13-15,17-21,27,29H,2-12,16,22-23H2,1H3,(H,31,32,33);/q;+1/p-1. The van der Waals surface area contributed by atoms with Gasteiger partial charge in [0.2, 0.25) is 0 Å². The Morgan fingerprint density at radius 3 is 1.94 bits per heavy atom. The van der Waals surface area contributed by atoms with Crippen molar-refractivity contribution in [2.75, 3.05) is 10.2 Å². The largest absolute Gasteiger partial charge is 1.00 e. The second-order valence-corrected chi connectivity index (χ2v) is 10.9. The average molecular weight is 525 g/mol. The topological polar surface area (TPSA) is 72.5 Å². The van der Waals surface area contributed by atoms with Crippen LogP contribution >= 0.6 is 0 Å². The summed E-state index contributed by atoms with van der Waals surface area (Å²) in [4.78, 5) is 2.05. The molecule has 1 heterocycles. The van der Waals surface area contributed by atoms with Crippen LogP contribution in [0.5, 0.6) is 0 Å². The molecular formula is C28H41KN2O3S. The van der Waals surface area contributed by atoms with Gasteiger partial charge >= 0.3 is 51.4 Å². The summed E-state index contributed by atoms with van der Waals surface area (Å²) < 4.78 is 35.5. The summed E-state index contributed by atoms with van der Waals surface area (Å²) in [6.45, 7) is 2.93. The zero-order valence-corrected chi connectivity index (χ0v) is 25.6. The minimum atomic E-state index is -4.53. The molecule has 35 heavy (non-hydrogen) atoms. The first kappa shape index (κ1) is 30.8. The fourth-order valence-corrected chi connectivity index (χ4v) is 5.57. The molecule has 1 atom stereocenters. The number of rotatable bonds is 16. The number of hydrogen-bond donors (Lipinski definition) is 1. The molecule has 1 aliphatic rings. The van der Waals surface area contributed by atoms with E-state index in [4.69, 9.17) is 0 Å². The van der Waals surface area contributed by atoms with Gasteiger partial charge in [0.1, 0.15) is 10.1 Å². The van der Waals surface area contributed by atoms with Crippen LogP contribution in [0.25, 0.3) is 0 Å². The first-order valence-corrected chi connectivity index (χ1v) is 14.6. The van der Waals surface area contributed by atoms with Crippen molar-refractivity contribution in [3.63, 3.8) is 0 Å². The Morgan fingerprint density at radius 2 is 1.37 bits per heavy atom. The molecule has 0 aliphatic carbocycles. The molecule has 0 saturated carbocycles. The number of para-hydroxylation sites is 1. The Morgan fingerprint density at radius 1 is 0.800 bits per heavy atom. The van der Waals surface area contributed by atoms with E-state index in [2.05, 4.69) is 29.3 Å². The maximum absolute atomic E-state index is 11.8. The molecule has 7 heteroatoms. The van der Waals surface area contributed by atoms with E-state index < -0.39 is 10.1 Å². The van der Waals surface area contributed by atoms with E-state index in [1.165, 1.54) is 76.7 Å². The molecule has 1 aliphatic heterocycles. The number of fused-ring (bicyclic) bond motifs is 1. The molecule has 2 aromatic rings. The Labute approximate surface area is 255 Å². The van der Waals surface area contributed by atoms with Gasteiger partial charge in [-0.3, -0.25) is 0 Å². The number of nitrogens with zero attached hydrogens (tertiary/aromatic N) is 1. The number of anilines is 2. The third-order valence-electron chi connectivity index (χ3n) is 6.80. The van der Waals surface area contributed by atoms with Crippen LogP contribution in [-0.4, -0.2) is 19.1 Å². The summed E-state index contributed by atoms with van der Waals surface area (Å²) in [7, 11) is -4.53. The second-order valence-electron chi connectivity index (χ2n) is 9.56. The number of unbranched alkanes of at least 4 members (excludes halogenated alkanes) is 11. The minimum absolute atomic E-state index is 0. The quantitative estimate of drug-likeness (QED) is 0.200. The molecule has 0 spiro atoms. The zero-order chi connectivity index (χ0) is 24.2. The monoisotopic (exact) mass is 524 g/mol. The molecule has 0 bridgehead atoms. The summed E-state index contributed by atoms with van der Waals surface area (Å²) in [6, 6.07) is 15.1. The Hall–Kier alpha value is -0.414. The Balaban J connectivity index is 0.00000432. The van der Waals surface area contributed by atoms with E-state index in [0.29, 0.717) is 12.2 Å². The maximum atomic E-state index is 11.8. The minimum Gasteiger partial charge on any atom is -0.744 e. The van der Waals surface area contributed by atoms with Crippen LogP contribution in [0.1, 0.15) is 96.0 Å². The first-order valence-electron chi connectivity index (χ1n) is 13.2. The fourth-order valence-electron chi connectivity index (χ4n) is 4.91. The molecule has 0 amide bonds. The maximum Gasteiger partial charge on any atom is 1.00 e. The fraction of sp³-hybridized carbons (Fsp3) is 0.571. The normalized spacial score (nSPS) is 14.9.